The molecule has 0 spiro atoms. The Morgan fingerprint density at radius 2 is 2.08 bits per heavy atom. The molecule has 2 heterocycles. The molecular weight excluding hydrogens is 354 g/mol. The van der Waals surface area contributed by atoms with Gasteiger partial charge in [0.05, 0.1) is 19.2 Å². The number of hydrogen-bond acceptors (Lipinski definition) is 7. The maximum absolute atomic E-state index is 13.6. The van der Waals surface area contributed by atoms with E-state index in [-0.39, 0.29) is 17.4 Å². The molecule has 0 saturated carbocycles. The van der Waals surface area contributed by atoms with Gasteiger partial charge in [-0.25, -0.2) is 18.7 Å². The Balaban J connectivity index is 1.70. The summed E-state index contributed by atoms with van der Waals surface area (Å²) in [5, 5.41) is 2.85. The number of amides is 1. The Morgan fingerprint density at radius 1 is 1.36 bits per heavy atom. The molecule has 0 unspecified atom stereocenters. The number of benzene rings is 1. The summed E-state index contributed by atoms with van der Waals surface area (Å²) in [5.74, 6) is -2.83. The maximum Gasteiger partial charge on any atom is 0.234 e. The van der Waals surface area contributed by atoms with E-state index in [1.165, 1.54) is 6.33 Å². The quantitative estimate of drug-likeness (QED) is 0.466. The summed E-state index contributed by atoms with van der Waals surface area (Å²) < 4.78 is 31.8. The smallest absolute Gasteiger partial charge is 0.234 e. The van der Waals surface area contributed by atoms with Gasteiger partial charge in [-0.05, 0) is 0 Å². The second-order valence-corrected chi connectivity index (χ2v) is 5.76. The van der Waals surface area contributed by atoms with Gasteiger partial charge in [-0.3, -0.25) is 4.79 Å². The number of nitrogens with two attached hydrogens (primary N) is 1. The summed E-state index contributed by atoms with van der Waals surface area (Å²) in [4.78, 5) is 26.8. The van der Waals surface area contributed by atoms with Crippen LogP contribution in [0.1, 0.15) is 0 Å². The van der Waals surface area contributed by atoms with Crippen LogP contribution in [0.5, 0.6) is 5.75 Å². The lowest BCUT2D eigenvalue weighted by atomic mass is 10.2. The van der Waals surface area contributed by atoms with Gasteiger partial charge in [0.2, 0.25) is 11.9 Å². The zero-order chi connectivity index (χ0) is 18.0. The van der Waals surface area contributed by atoms with Gasteiger partial charge < -0.3 is 20.8 Å². The van der Waals surface area contributed by atoms with Crippen LogP contribution in [-0.4, -0.2) is 38.7 Å². The molecule has 130 valence electrons. The van der Waals surface area contributed by atoms with Crippen molar-refractivity contribution in [1.82, 2.24) is 19.9 Å². The summed E-state index contributed by atoms with van der Waals surface area (Å²) >= 11 is 1.09. The van der Waals surface area contributed by atoms with Crippen LogP contribution in [0.3, 0.4) is 0 Å². The molecule has 2 aromatic heterocycles. The highest BCUT2D eigenvalue weighted by molar-refractivity contribution is 8.00. The fraction of sp³-hybridized carbons (Fsp3) is 0.143. The van der Waals surface area contributed by atoms with Crippen molar-refractivity contribution in [3.8, 4) is 5.75 Å². The first-order valence-corrected chi connectivity index (χ1v) is 7.88. The number of halogens is 2. The molecule has 4 N–H and O–H groups in total. The number of anilines is 2. The number of aromatic nitrogens is 4. The zero-order valence-electron chi connectivity index (χ0n) is 12.8. The van der Waals surface area contributed by atoms with E-state index < -0.39 is 23.3 Å². The van der Waals surface area contributed by atoms with Gasteiger partial charge in [0.1, 0.15) is 10.5 Å². The Bertz CT molecular complexity index is 925. The first-order valence-electron chi connectivity index (χ1n) is 6.90. The van der Waals surface area contributed by atoms with Gasteiger partial charge in [0, 0.05) is 17.8 Å². The van der Waals surface area contributed by atoms with Gasteiger partial charge in [-0.1, -0.05) is 11.8 Å². The number of methoxy groups -OCH3 is 1. The number of imidazole rings is 1. The van der Waals surface area contributed by atoms with Gasteiger partial charge in [-0.15, -0.1) is 0 Å². The van der Waals surface area contributed by atoms with Crippen LogP contribution in [0, 0.1) is 11.6 Å². The average molecular weight is 366 g/mol. The Labute approximate surface area is 144 Å². The number of nitrogens with one attached hydrogen (secondary N) is 2. The number of nitrogen functional groups attached to an aromatic ring is 1. The van der Waals surface area contributed by atoms with Crippen LogP contribution in [0.4, 0.5) is 20.4 Å². The second kappa shape index (κ2) is 6.89. The first-order chi connectivity index (χ1) is 12.0. The van der Waals surface area contributed by atoms with Crippen molar-refractivity contribution in [2.24, 2.45) is 0 Å². The van der Waals surface area contributed by atoms with Crippen LogP contribution >= 0.6 is 11.8 Å². The number of rotatable bonds is 5. The van der Waals surface area contributed by atoms with E-state index in [0.29, 0.717) is 16.2 Å². The molecule has 8 nitrogen and oxygen atoms in total. The van der Waals surface area contributed by atoms with E-state index in [0.717, 1.165) is 31.0 Å². The Kier molecular flexibility index (Phi) is 4.65. The molecule has 3 aromatic rings. The highest BCUT2D eigenvalue weighted by Crippen LogP contribution is 2.26. The first kappa shape index (κ1) is 16.9. The third-order valence-electron chi connectivity index (χ3n) is 3.10. The standard InChI is InChI=1S/C14H12F2N6O2S/c1-24-11-7(15)2-6(3-8(11)16)20-9(23)4-25-13-10-12(19-5-18-10)21-14(17)22-13/h2-3,5H,4H2,1H3,(H,20,23)(H3,17,18,19,21,22). The van der Waals surface area contributed by atoms with Crippen LogP contribution in [0.2, 0.25) is 0 Å². The van der Waals surface area contributed by atoms with Crippen molar-refractivity contribution in [2.75, 3.05) is 23.9 Å². The van der Waals surface area contributed by atoms with Crippen molar-refractivity contribution < 1.29 is 18.3 Å². The number of thioether (sulfide) groups is 1. The fourth-order valence-electron chi connectivity index (χ4n) is 2.09. The predicted molar refractivity (Wildman–Crippen MR) is 88.4 cm³/mol. The van der Waals surface area contributed by atoms with E-state index in [1.807, 2.05) is 0 Å². The molecule has 0 radical (unpaired) electrons. The van der Waals surface area contributed by atoms with Crippen molar-refractivity contribution >= 4 is 40.5 Å². The van der Waals surface area contributed by atoms with Crippen molar-refractivity contribution in [3.63, 3.8) is 0 Å². The number of carbonyl (C=O) groups is 1. The number of H-pyrrole nitrogens is 1. The molecule has 0 fully saturated rings. The summed E-state index contributed by atoms with van der Waals surface area (Å²) in [6, 6.07) is 1.94. The SMILES string of the molecule is COc1c(F)cc(NC(=O)CSc2nc(N)nc3nc[nH]c23)cc1F. The number of fused-ring (bicyclic) bond motifs is 1. The fourth-order valence-corrected chi connectivity index (χ4v) is 2.88. The normalized spacial score (nSPS) is 10.8. The lowest BCUT2D eigenvalue weighted by Crippen LogP contribution is -2.15. The third-order valence-corrected chi connectivity index (χ3v) is 4.07. The van der Waals surface area contributed by atoms with Crippen molar-refractivity contribution in [2.45, 2.75) is 5.03 Å². The zero-order valence-corrected chi connectivity index (χ0v) is 13.7. The number of aromatic amines is 1. The molecule has 0 aliphatic rings. The number of ether oxygens (including phenoxy) is 1. The van der Waals surface area contributed by atoms with E-state index >= 15 is 0 Å². The van der Waals surface area contributed by atoms with Crippen LogP contribution in [-0.2, 0) is 4.79 Å². The van der Waals surface area contributed by atoms with Crippen LogP contribution in [0.25, 0.3) is 11.2 Å². The highest BCUT2D eigenvalue weighted by atomic mass is 32.2. The van der Waals surface area contributed by atoms with Crippen molar-refractivity contribution in [3.05, 3.63) is 30.1 Å². The summed E-state index contributed by atoms with van der Waals surface area (Å²) in [6.07, 6.45) is 1.44. The molecule has 1 aromatic carbocycles. The van der Waals surface area contributed by atoms with Gasteiger partial charge in [0.15, 0.2) is 23.0 Å². The van der Waals surface area contributed by atoms with E-state index in [9.17, 15) is 13.6 Å². The molecule has 0 atom stereocenters. The topological polar surface area (TPSA) is 119 Å². The monoisotopic (exact) mass is 366 g/mol. The Morgan fingerprint density at radius 3 is 2.76 bits per heavy atom. The van der Waals surface area contributed by atoms with Gasteiger partial charge >= 0.3 is 0 Å². The average Bonchev–Trinajstić information content (AvgIpc) is 3.00. The van der Waals surface area contributed by atoms with Crippen LogP contribution in [0.15, 0.2) is 23.5 Å². The molecule has 0 bridgehead atoms. The van der Waals surface area contributed by atoms with E-state index in [4.69, 9.17) is 5.73 Å². The van der Waals surface area contributed by atoms with E-state index in [1.54, 1.807) is 0 Å². The molecule has 0 aliphatic heterocycles. The predicted octanol–water partition coefficient (Wildman–Crippen LogP) is 1.95. The van der Waals surface area contributed by atoms with Crippen molar-refractivity contribution in [1.29, 1.82) is 0 Å². The molecule has 0 aliphatic carbocycles. The highest BCUT2D eigenvalue weighted by Gasteiger charge is 2.15. The van der Waals surface area contributed by atoms with E-state index in [2.05, 4.69) is 30.0 Å². The summed E-state index contributed by atoms with van der Waals surface area (Å²) in [5.41, 5.74) is 6.50. The molecule has 0 saturated heterocycles. The molecule has 25 heavy (non-hydrogen) atoms. The minimum absolute atomic E-state index is 0.0183. The molecule has 3 rings (SSSR count). The molecule has 1 amide bonds. The minimum Gasteiger partial charge on any atom is -0.491 e. The third kappa shape index (κ3) is 3.60. The van der Waals surface area contributed by atoms with Gasteiger partial charge in [-0.2, -0.15) is 4.98 Å². The number of nitrogens with zero attached hydrogens (tertiary/aromatic N) is 3. The number of carbonyl (C=O) groups excluding carboxylic acids is 1. The van der Waals surface area contributed by atoms with Crippen LogP contribution < -0.4 is 15.8 Å². The van der Waals surface area contributed by atoms with Gasteiger partial charge in [0.25, 0.3) is 0 Å². The lowest BCUT2D eigenvalue weighted by Gasteiger charge is -2.08. The largest absolute Gasteiger partial charge is 0.491 e. The molecular formula is C14H12F2N6O2S. The maximum atomic E-state index is 13.6. The minimum atomic E-state index is -0.909. The Hall–Kier alpha value is -2.95. The summed E-state index contributed by atoms with van der Waals surface area (Å²) in [7, 11) is 1.15. The number of hydrogen-bond donors (Lipinski definition) is 3. The summed E-state index contributed by atoms with van der Waals surface area (Å²) in [6.45, 7) is 0. The molecule has 11 heteroatoms. The second-order valence-electron chi connectivity index (χ2n) is 4.80. The lowest BCUT2D eigenvalue weighted by molar-refractivity contribution is -0.113.